The molecule has 1 aliphatic carbocycles. The van der Waals surface area contributed by atoms with Crippen LogP contribution in [0.15, 0.2) is 29.8 Å². The van der Waals surface area contributed by atoms with Crippen LogP contribution in [-0.2, 0) is 5.41 Å². The van der Waals surface area contributed by atoms with E-state index in [1.807, 2.05) is 6.07 Å². The first-order valence-corrected chi connectivity index (χ1v) is 12.1. The van der Waals surface area contributed by atoms with Crippen LogP contribution < -0.4 is 9.47 Å². The van der Waals surface area contributed by atoms with E-state index < -0.39 is 0 Å². The van der Waals surface area contributed by atoms with Crippen molar-refractivity contribution in [2.75, 3.05) is 20.8 Å². The van der Waals surface area contributed by atoms with Gasteiger partial charge in [0, 0.05) is 6.07 Å². The monoisotopic (exact) mass is 432 g/mol. The number of unbranched alkanes of at least 4 members (excludes halogenated alkanes) is 3. The van der Waals surface area contributed by atoms with Gasteiger partial charge >= 0.3 is 0 Å². The highest BCUT2D eigenvalue weighted by molar-refractivity contribution is 5.41. The zero-order chi connectivity index (χ0) is 23.7. The Balaban J connectivity index is 0.000000343. The Morgan fingerprint density at radius 1 is 1.00 bits per heavy atom. The van der Waals surface area contributed by atoms with Gasteiger partial charge < -0.3 is 14.6 Å². The van der Waals surface area contributed by atoms with E-state index in [9.17, 15) is 0 Å². The summed E-state index contributed by atoms with van der Waals surface area (Å²) in [7, 11) is 3.40. The van der Waals surface area contributed by atoms with Gasteiger partial charge in [-0.1, -0.05) is 80.2 Å². The molecule has 1 aromatic carbocycles. The molecule has 3 heteroatoms. The van der Waals surface area contributed by atoms with Crippen LogP contribution in [0.5, 0.6) is 11.5 Å². The van der Waals surface area contributed by atoms with E-state index in [0.29, 0.717) is 17.3 Å². The predicted octanol–water partition coefficient (Wildman–Crippen LogP) is 7.56. The minimum atomic E-state index is 0.162. The number of methoxy groups -OCH3 is 2. The standard InChI is InChI=1S/C17H28O2.C11H20O/c1-6-7-8-9-10-17(2,3)14-11-15(18-4)13-16(12-14)19-5;1-8-5-10(7-12)9(2)11(3,4)6-8/h11-13H,6-10H2,1-5H3;5,8-9,12H,6-7H2,1-4H3/t;8-,9+/m.0/s1. The predicted molar refractivity (Wildman–Crippen MR) is 133 cm³/mol. The smallest absolute Gasteiger partial charge is 0.122 e. The van der Waals surface area contributed by atoms with Crippen molar-refractivity contribution in [3.63, 3.8) is 0 Å². The van der Waals surface area contributed by atoms with Crippen molar-refractivity contribution in [1.29, 1.82) is 0 Å². The summed E-state index contributed by atoms with van der Waals surface area (Å²) in [6.45, 7) is 16.1. The molecule has 0 saturated heterocycles. The van der Waals surface area contributed by atoms with Gasteiger partial charge in [0.1, 0.15) is 11.5 Å². The summed E-state index contributed by atoms with van der Waals surface area (Å²) in [6.07, 6.45) is 9.88. The number of rotatable bonds is 9. The van der Waals surface area contributed by atoms with Crippen LogP contribution in [0, 0.1) is 17.3 Å². The first kappa shape index (κ1) is 27.6. The molecule has 178 valence electrons. The summed E-state index contributed by atoms with van der Waals surface area (Å²) in [5.41, 5.74) is 3.03. The second-order valence-electron chi connectivity index (χ2n) is 10.6. The van der Waals surface area contributed by atoms with Gasteiger partial charge in [0.25, 0.3) is 0 Å². The van der Waals surface area contributed by atoms with Gasteiger partial charge in [0.2, 0.25) is 0 Å². The van der Waals surface area contributed by atoms with E-state index in [-0.39, 0.29) is 12.0 Å². The zero-order valence-electron chi connectivity index (χ0n) is 21.7. The van der Waals surface area contributed by atoms with Crippen molar-refractivity contribution < 1.29 is 14.6 Å². The van der Waals surface area contributed by atoms with Gasteiger partial charge in [-0.15, -0.1) is 0 Å². The number of aliphatic hydroxyl groups is 1. The van der Waals surface area contributed by atoms with E-state index in [1.165, 1.54) is 49.7 Å². The molecule has 0 aromatic heterocycles. The maximum absolute atomic E-state index is 9.14. The zero-order valence-corrected chi connectivity index (χ0v) is 21.7. The molecule has 0 aliphatic heterocycles. The van der Waals surface area contributed by atoms with Gasteiger partial charge in [0.15, 0.2) is 0 Å². The molecule has 0 spiro atoms. The van der Waals surface area contributed by atoms with Crippen LogP contribution in [0.1, 0.15) is 92.6 Å². The second-order valence-corrected chi connectivity index (χ2v) is 10.6. The third kappa shape index (κ3) is 8.52. The molecular weight excluding hydrogens is 384 g/mol. The van der Waals surface area contributed by atoms with Crippen LogP contribution in [-0.4, -0.2) is 25.9 Å². The molecule has 0 amide bonds. The number of benzene rings is 1. The molecule has 1 aromatic rings. The van der Waals surface area contributed by atoms with Crippen LogP contribution in [0.2, 0.25) is 0 Å². The number of hydrogen-bond donors (Lipinski definition) is 1. The molecule has 0 heterocycles. The van der Waals surface area contributed by atoms with E-state index in [4.69, 9.17) is 14.6 Å². The molecule has 1 aliphatic rings. The quantitative estimate of drug-likeness (QED) is 0.323. The van der Waals surface area contributed by atoms with Crippen molar-refractivity contribution in [2.24, 2.45) is 17.3 Å². The summed E-state index contributed by atoms with van der Waals surface area (Å²) in [4.78, 5) is 0. The van der Waals surface area contributed by atoms with Crippen molar-refractivity contribution >= 4 is 0 Å². The fourth-order valence-corrected chi connectivity index (χ4v) is 4.60. The Morgan fingerprint density at radius 2 is 1.58 bits per heavy atom. The molecule has 0 fully saturated rings. The Kier molecular flexibility index (Phi) is 11.1. The fraction of sp³-hybridized carbons (Fsp3) is 0.714. The van der Waals surface area contributed by atoms with Crippen molar-refractivity contribution in [2.45, 2.75) is 92.4 Å². The minimum Gasteiger partial charge on any atom is -0.497 e. The maximum atomic E-state index is 9.14. The molecule has 0 bridgehead atoms. The average molecular weight is 433 g/mol. The highest BCUT2D eigenvalue weighted by atomic mass is 16.5. The van der Waals surface area contributed by atoms with Gasteiger partial charge in [0.05, 0.1) is 20.8 Å². The van der Waals surface area contributed by atoms with Crippen molar-refractivity contribution in [1.82, 2.24) is 0 Å². The number of hydrogen-bond acceptors (Lipinski definition) is 3. The lowest BCUT2D eigenvalue weighted by Gasteiger charge is -2.39. The van der Waals surface area contributed by atoms with Gasteiger partial charge in [-0.2, -0.15) is 0 Å². The minimum absolute atomic E-state index is 0.162. The molecular formula is C28H48O3. The molecule has 0 radical (unpaired) electrons. The van der Waals surface area contributed by atoms with Crippen molar-refractivity contribution in [3.8, 4) is 11.5 Å². The van der Waals surface area contributed by atoms with E-state index in [1.54, 1.807) is 14.2 Å². The largest absolute Gasteiger partial charge is 0.497 e. The Bertz CT molecular complexity index is 665. The first-order chi connectivity index (χ1) is 14.5. The number of allylic oxidation sites excluding steroid dienone is 1. The van der Waals surface area contributed by atoms with Crippen LogP contribution in [0.4, 0.5) is 0 Å². The van der Waals surface area contributed by atoms with Gasteiger partial charge in [-0.3, -0.25) is 0 Å². The van der Waals surface area contributed by atoms with Gasteiger partial charge in [-0.05, 0) is 58.8 Å². The molecule has 31 heavy (non-hydrogen) atoms. The first-order valence-electron chi connectivity index (χ1n) is 12.1. The van der Waals surface area contributed by atoms with Crippen LogP contribution in [0.3, 0.4) is 0 Å². The number of aliphatic hydroxyl groups excluding tert-OH is 1. The van der Waals surface area contributed by atoms with Gasteiger partial charge in [-0.25, -0.2) is 0 Å². The van der Waals surface area contributed by atoms with Crippen LogP contribution in [0.25, 0.3) is 0 Å². The Hall–Kier alpha value is -1.48. The second kappa shape index (κ2) is 12.5. The average Bonchev–Trinajstić information content (AvgIpc) is 2.73. The summed E-state index contributed by atoms with van der Waals surface area (Å²) in [6, 6.07) is 6.18. The van der Waals surface area contributed by atoms with Crippen LogP contribution >= 0.6 is 0 Å². The highest BCUT2D eigenvalue weighted by Crippen LogP contribution is 2.42. The lowest BCUT2D eigenvalue weighted by atomic mass is 9.66. The third-order valence-electron chi connectivity index (χ3n) is 7.05. The lowest BCUT2D eigenvalue weighted by molar-refractivity contribution is 0.180. The summed E-state index contributed by atoms with van der Waals surface area (Å²) in [5, 5.41) is 9.14. The Morgan fingerprint density at radius 3 is 2.06 bits per heavy atom. The molecule has 1 N–H and O–H groups in total. The summed E-state index contributed by atoms with van der Waals surface area (Å²) < 4.78 is 10.7. The van der Waals surface area contributed by atoms with E-state index >= 15 is 0 Å². The van der Waals surface area contributed by atoms with Crippen molar-refractivity contribution in [3.05, 3.63) is 35.4 Å². The normalized spacial score (nSPS) is 20.4. The molecule has 0 saturated carbocycles. The number of ether oxygens (including phenoxy) is 2. The van der Waals surface area contributed by atoms with E-state index in [2.05, 4.69) is 66.7 Å². The lowest BCUT2D eigenvalue weighted by Crippen LogP contribution is -2.30. The third-order valence-corrected chi connectivity index (χ3v) is 7.05. The fourth-order valence-electron chi connectivity index (χ4n) is 4.60. The molecule has 2 rings (SSSR count). The molecule has 2 atom stereocenters. The summed E-state index contributed by atoms with van der Waals surface area (Å²) >= 11 is 0. The maximum Gasteiger partial charge on any atom is 0.122 e. The topological polar surface area (TPSA) is 38.7 Å². The Labute approximate surface area is 192 Å². The highest BCUT2D eigenvalue weighted by Gasteiger charge is 2.33. The molecule has 0 unspecified atom stereocenters. The summed E-state index contributed by atoms with van der Waals surface area (Å²) in [5.74, 6) is 2.89. The van der Waals surface area contributed by atoms with E-state index in [0.717, 1.165) is 11.5 Å². The molecule has 3 nitrogen and oxygen atoms in total. The SMILES string of the molecule is CCCCCCC(C)(C)c1cc(OC)cc(OC)c1.C[C@@H]1C(CO)=C[C@H](C)CC1(C)C.